The first-order chi connectivity index (χ1) is 10.2. The molecule has 2 rings (SSSR count). The van der Waals surface area contributed by atoms with Crippen molar-refractivity contribution in [2.75, 3.05) is 14.2 Å². The van der Waals surface area contributed by atoms with Gasteiger partial charge in [-0.25, -0.2) is 0 Å². The van der Waals surface area contributed by atoms with E-state index < -0.39 is 0 Å². The highest BCUT2D eigenvalue weighted by atomic mass is 35.5. The molecule has 0 bridgehead atoms. The molecule has 1 aromatic carbocycles. The van der Waals surface area contributed by atoms with Crippen molar-refractivity contribution in [2.45, 2.75) is 18.9 Å². The van der Waals surface area contributed by atoms with Crippen LogP contribution in [0.5, 0.6) is 11.5 Å². The molecule has 3 N–H and O–H groups in total. The number of halogens is 1. The molecule has 0 radical (unpaired) electrons. The molecule has 0 aliphatic carbocycles. The van der Waals surface area contributed by atoms with Gasteiger partial charge in [0.2, 0.25) is 0 Å². The smallest absolute Gasteiger partial charge is 0.179 e. The SMILES string of the molecule is COc1cc(C(CCc2ccsc2)NN)cc(Cl)c1OC. The number of benzene rings is 1. The van der Waals surface area contributed by atoms with Gasteiger partial charge in [-0.2, -0.15) is 11.3 Å². The first kappa shape index (κ1) is 16.1. The van der Waals surface area contributed by atoms with E-state index in [1.54, 1.807) is 25.6 Å². The summed E-state index contributed by atoms with van der Waals surface area (Å²) in [5.74, 6) is 6.84. The van der Waals surface area contributed by atoms with Crippen LogP contribution in [-0.2, 0) is 6.42 Å². The highest BCUT2D eigenvalue weighted by Crippen LogP contribution is 2.38. The Balaban J connectivity index is 2.19. The number of aryl methyl sites for hydroxylation is 1. The summed E-state index contributed by atoms with van der Waals surface area (Å²) in [4.78, 5) is 0. The van der Waals surface area contributed by atoms with Crippen molar-refractivity contribution >= 4 is 22.9 Å². The van der Waals surface area contributed by atoms with E-state index in [1.807, 2.05) is 12.1 Å². The number of nitrogens with one attached hydrogen (secondary N) is 1. The molecule has 0 amide bonds. The topological polar surface area (TPSA) is 56.5 Å². The molecule has 114 valence electrons. The highest BCUT2D eigenvalue weighted by molar-refractivity contribution is 7.07. The van der Waals surface area contributed by atoms with Crippen molar-refractivity contribution in [1.82, 2.24) is 5.43 Å². The van der Waals surface area contributed by atoms with Crippen LogP contribution in [0.3, 0.4) is 0 Å². The van der Waals surface area contributed by atoms with Crippen LogP contribution < -0.4 is 20.7 Å². The number of hydrogen-bond acceptors (Lipinski definition) is 5. The van der Waals surface area contributed by atoms with E-state index in [9.17, 15) is 0 Å². The highest BCUT2D eigenvalue weighted by Gasteiger charge is 2.16. The predicted molar refractivity (Wildman–Crippen MR) is 87.3 cm³/mol. The third-order valence-electron chi connectivity index (χ3n) is 3.36. The summed E-state index contributed by atoms with van der Waals surface area (Å²) in [6, 6.07) is 5.89. The molecule has 4 nitrogen and oxygen atoms in total. The minimum absolute atomic E-state index is 0.00204. The van der Waals surface area contributed by atoms with E-state index >= 15 is 0 Å². The van der Waals surface area contributed by atoms with Gasteiger partial charge in [0.05, 0.1) is 19.2 Å². The summed E-state index contributed by atoms with van der Waals surface area (Å²) in [6.07, 6.45) is 1.82. The lowest BCUT2D eigenvalue weighted by Crippen LogP contribution is -2.28. The van der Waals surface area contributed by atoms with Gasteiger partial charge < -0.3 is 9.47 Å². The molecule has 6 heteroatoms. The van der Waals surface area contributed by atoms with Crippen LogP contribution in [0.2, 0.25) is 5.02 Å². The molecule has 0 saturated carbocycles. The van der Waals surface area contributed by atoms with Crippen LogP contribution in [-0.4, -0.2) is 14.2 Å². The number of nitrogens with two attached hydrogens (primary N) is 1. The van der Waals surface area contributed by atoms with Crippen molar-refractivity contribution in [3.8, 4) is 11.5 Å². The summed E-state index contributed by atoms with van der Waals surface area (Å²) in [5, 5.41) is 4.74. The van der Waals surface area contributed by atoms with E-state index in [2.05, 4.69) is 22.3 Å². The lowest BCUT2D eigenvalue weighted by Gasteiger charge is -2.19. The first-order valence-electron chi connectivity index (χ1n) is 6.58. The van der Waals surface area contributed by atoms with E-state index in [0.717, 1.165) is 18.4 Å². The van der Waals surface area contributed by atoms with E-state index in [0.29, 0.717) is 16.5 Å². The van der Waals surface area contributed by atoms with Crippen LogP contribution in [0.25, 0.3) is 0 Å². The van der Waals surface area contributed by atoms with Gasteiger partial charge in [0, 0.05) is 6.04 Å². The zero-order valence-corrected chi connectivity index (χ0v) is 13.6. The van der Waals surface area contributed by atoms with Gasteiger partial charge in [0.15, 0.2) is 11.5 Å². The fourth-order valence-corrected chi connectivity index (χ4v) is 3.23. The molecule has 0 spiro atoms. The molecule has 0 fully saturated rings. The molecular weight excluding hydrogens is 308 g/mol. The van der Waals surface area contributed by atoms with Gasteiger partial charge in [0.1, 0.15) is 0 Å². The summed E-state index contributed by atoms with van der Waals surface area (Å²) in [5.41, 5.74) is 5.14. The minimum Gasteiger partial charge on any atom is -0.493 e. The van der Waals surface area contributed by atoms with Crippen molar-refractivity contribution < 1.29 is 9.47 Å². The number of rotatable bonds is 7. The molecule has 2 aromatic rings. The Morgan fingerprint density at radius 2 is 2.14 bits per heavy atom. The quantitative estimate of drug-likeness (QED) is 0.603. The van der Waals surface area contributed by atoms with Crippen molar-refractivity contribution in [3.05, 3.63) is 45.1 Å². The number of thiophene rings is 1. The zero-order chi connectivity index (χ0) is 15.2. The van der Waals surface area contributed by atoms with Crippen molar-refractivity contribution in [1.29, 1.82) is 0 Å². The summed E-state index contributed by atoms with van der Waals surface area (Å²) in [7, 11) is 3.16. The summed E-state index contributed by atoms with van der Waals surface area (Å²) in [6.45, 7) is 0. The minimum atomic E-state index is 0.00204. The van der Waals surface area contributed by atoms with E-state index in [1.165, 1.54) is 5.56 Å². The Labute approximate surface area is 133 Å². The van der Waals surface area contributed by atoms with E-state index in [4.69, 9.17) is 26.9 Å². The van der Waals surface area contributed by atoms with Gasteiger partial charge in [-0.1, -0.05) is 11.6 Å². The van der Waals surface area contributed by atoms with Crippen LogP contribution in [0.4, 0.5) is 0 Å². The van der Waals surface area contributed by atoms with Gasteiger partial charge >= 0.3 is 0 Å². The Bertz CT molecular complexity index is 575. The Kier molecular flexibility index (Phi) is 5.87. The van der Waals surface area contributed by atoms with Crippen molar-refractivity contribution in [2.24, 2.45) is 5.84 Å². The van der Waals surface area contributed by atoms with Crippen molar-refractivity contribution in [3.63, 3.8) is 0 Å². The fourth-order valence-electron chi connectivity index (χ4n) is 2.23. The average Bonchev–Trinajstić information content (AvgIpc) is 3.00. The molecule has 21 heavy (non-hydrogen) atoms. The monoisotopic (exact) mass is 326 g/mol. The molecular formula is C15H19ClN2O2S. The molecule has 0 aliphatic rings. The molecule has 0 aliphatic heterocycles. The zero-order valence-electron chi connectivity index (χ0n) is 12.1. The number of hydrazine groups is 1. The van der Waals surface area contributed by atoms with Gasteiger partial charge in [-0.3, -0.25) is 11.3 Å². The Hall–Kier alpha value is -1.27. The normalized spacial score (nSPS) is 12.2. The van der Waals surface area contributed by atoms with Gasteiger partial charge in [-0.05, 0) is 52.9 Å². The fraction of sp³-hybridized carbons (Fsp3) is 0.333. The summed E-state index contributed by atoms with van der Waals surface area (Å²) < 4.78 is 10.6. The van der Waals surface area contributed by atoms with Crippen LogP contribution in [0.1, 0.15) is 23.6 Å². The average molecular weight is 327 g/mol. The van der Waals surface area contributed by atoms with E-state index in [-0.39, 0.29) is 6.04 Å². The Morgan fingerprint density at radius 3 is 2.71 bits per heavy atom. The maximum Gasteiger partial charge on any atom is 0.179 e. The van der Waals surface area contributed by atoms with Gasteiger partial charge in [0.25, 0.3) is 0 Å². The maximum atomic E-state index is 6.24. The molecule has 1 aromatic heterocycles. The van der Waals surface area contributed by atoms with Gasteiger partial charge in [-0.15, -0.1) is 0 Å². The number of ether oxygens (including phenoxy) is 2. The lowest BCUT2D eigenvalue weighted by molar-refractivity contribution is 0.353. The maximum absolute atomic E-state index is 6.24. The molecule has 0 saturated heterocycles. The van der Waals surface area contributed by atoms with Crippen LogP contribution in [0.15, 0.2) is 29.0 Å². The summed E-state index contributed by atoms with van der Waals surface area (Å²) >= 11 is 7.94. The Morgan fingerprint density at radius 1 is 1.33 bits per heavy atom. The molecule has 1 unspecified atom stereocenters. The molecule has 1 atom stereocenters. The lowest BCUT2D eigenvalue weighted by atomic mass is 10.00. The standard InChI is InChI=1S/C15H19ClN2O2S/c1-19-14-8-11(7-12(16)15(14)20-2)13(18-17)4-3-10-5-6-21-9-10/h5-9,13,18H,3-4,17H2,1-2H3. The number of methoxy groups -OCH3 is 2. The third kappa shape index (κ3) is 3.89. The van der Waals surface area contributed by atoms with Crippen LogP contribution in [0, 0.1) is 0 Å². The van der Waals surface area contributed by atoms with Crippen LogP contribution >= 0.6 is 22.9 Å². The third-order valence-corrected chi connectivity index (χ3v) is 4.37. The molecule has 1 heterocycles. The number of hydrogen-bond donors (Lipinski definition) is 2. The predicted octanol–water partition coefficient (Wildman–Crippen LogP) is 3.56. The second-order valence-electron chi connectivity index (χ2n) is 4.63. The second kappa shape index (κ2) is 7.66. The largest absolute Gasteiger partial charge is 0.493 e. The first-order valence-corrected chi connectivity index (χ1v) is 7.90. The second-order valence-corrected chi connectivity index (χ2v) is 5.81.